The molecule has 0 spiro atoms. The number of hydrogen-bond donors (Lipinski definition) is 2. The molecule has 0 bridgehead atoms. The first-order valence-electron chi connectivity index (χ1n) is 9.09. The second kappa shape index (κ2) is 10.2. The number of hydrogen-bond acceptors (Lipinski definition) is 5. The number of carbonyl (C=O) groups excluding carboxylic acids is 2. The van der Waals surface area contributed by atoms with E-state index in [1.807, 2.05) is 0 Å². The summed E-state index contributed by atoms with van der Waals surface area (Å²) in [6.45, 7) is 0.429. The molecule has 0 aliphatic rings. The molecule has 7 nitrogen and oxygen atoms in total. The van der Waals surface area contributed by atoms with Gasteiger partial charge in [-0.25, -0.2) is 0 Å². The van der Waals surface area contributed by atoms with Crippen LogP contribution in [0, 0.1) is 0 Å². The monoisotopic (exact) mass is 445 g/mol. The van der Waals surface area contributed by atoms with Crippen molar-refractivity contribution in [2.24, 2.45) is 0 Å². The molecule has 2 amide bonds. The van der Waals surface area contributed by atoms with Crippen LogP contribution in [0.3, 0.4) is 0 Å². The summed E-state index contributed by atoms with van der Waals surface area (Å²) in [7, 11) is 1.52. The third-order valence-electron chi connectivity index (χ3n) is 4.24. The van der Waals surface area contributed by atoms with Crippen molar-refractivity contribution in [1.29, 1.82) is 0 Å². The van der Waals surface area contributed by atoms with E-state index in [2.05, 4.69) is 10.6 Å². The lowest BCUT2D eigenvalue weighted by Gasteiger charge is -2.18. The van der Waals surface area contributed by atoms with Crippen molar-refractivity contribution >= 4 is 34.8 Å². The van der Waals surface area contributed by atoms with Gasteiger partial charge in [-0.2, -0.15) is 0 Å². The first-order valence-corrected chi connectivity index (χ1v) is 10.3. The lowest BCUT2D eigenvalue weighted by molar-refractivity contribution is 0.0869. The Morgan fingerprint density at radius 1 is 1.10 bits per heavy atom. The number of pyridine rings is 1. The molecule has 3 aromatic rings. The van der Waals surface area contributed by atoms with Crippen LogP contribution in [0.15, 0.2) is 65.6 Å². The Morgan fingerprint density at radius 2 is 1.87 bits per heavy atom. The Hall–Kier alpha value is -2.94. The topological polar surface area (TPSA) is 89.4 Å². The van der Waals surface area contributed by atoms with Crippen molar-refractivity contribution in [1.82, 2.24) is 15.2 Å². The zero-order valence-electron chi connectivity index (χ0n) is 16.1. The average molecular weight is 446 g/mol. The molecule has 0 radical (unpaired) electrons. The maximum absolute atomic E-state index is 12.5. The standard InChI is InChI=1S/C21H20ClN3O4S/c1-29-13-15(24-21(28)17-9-10-18(22)30-17)12-23-20(27)14-5-7-16(8-6-14)25-11-3-2-4-19(25)26/h2-11,15H,12-13H2,1H3,(H,23,27)(H,24,28). The number of rotatable bonds is 8. The predicted octanol–water partition coefficient (Wildman–Crippen LogP) is 2.73. The third kappa shape index (κ3) is 5.56. The van der Waals surface area contributed by atoms with Gasteiger partial charge in [0.05, 0.1) is 21.9 Å². The minimum absolute atomic E-state index is 0.153. The van der Waals surface area contributed by atoms with Crippen molar-refractivity contribution in [3.63, 3.8) is 0 Å². The summed E-state index contributed by atoms with van der Waals surface area (Å²) in [6, 6.07) is 14.5. The van der Waals surface area contributed by atoms with Crippen LogP contribution in [0.1, 0.15) is 20.0 Å². The van der Waals surface area contributed by atoms with Gasteiger partial charge < -0.3 is 15.4 Å². The summed E-state index contributed by atoms with van der Waals surface area (Å²) in [5, 5.41) is 5.62. The molecule has 1 aromatic carbocycles. The summed E-state index contributed by atoms with van der Waals surface area (Å²) in [6.07, 6.45) is 1.66. The summed E-state index contributed by atoms with van der Waals surface area (Å²) < 4.78 is 7.15. The van der Waals surface area contributed by atoms with Gasteiger partial charge in [-0.05, 0) is 42.5 Å². The van der Waals surface area contributed by atoms with Crippen LogP contribution in [-0.2, 0) is 4.74 Å². The second-order valence-electron chi connectivity index (χ2n) is 6.40. The maximum Gasteiger partial charge on any atom is 0.261 e. The zero-order chi connectivity index (χ0) is 21.5. The summed E-state index contributed by atoms with van der Waals surface area (Å²) in [5.41, 5.74) is 0.950. The molecule has 1 unspecified atom stereocenters. The van der Waals surface area contributed by atoms with E-state index in [1.165, 1.54) is 29.1 Å². The molecule has 2 N–H and O–H groups in total. The molecule has 1 atom stereocenters. The highest BCUT2D eigenvalue weighted by Gasteiger charge is 2.17. The molecule has 3 rings (SSSR count). The maximum atomic E-state index is 12.5. The molecular weight excluding hydrogens is 426 g/mol. The number of ether oxygens (including phenoxy) is 1. The Kier molecular flexibility index (Phi) is 7.40. The highest BCUT2D eigenvalue weighted by Crippen LogP contribution is 2.21. The Balaban J connectivity index is 1.60. The van der Waals surface area contributed by atoms with Gasteiger partial charge in [-0.3, -0.25) is 19.0 Å². The van der Waals surface area contributed by atoms with E-state index >= 15 is 0 Å². The van der Waals surface area contributed by atoms with Gasteiger partial charge in [0.2, 0.25) is 0 Å². The lowest BCUT2D eigenvalue weighted by Crippen LogP contribution is -2.46. The zero-order valence-corrected chi connectivity index (χ0v) is 17.7. The number of halogens is 1. The van der Waals surface area contributed by atoms with Gasteiger partial charge in [0.15, 0.2) is 0 Å². The average Bonchev–Trinajstić information content (AvgIpc) is 3.19. The minimum atomic E-state index is -0.408. The number of amides is 2. The quantitative estimate of drug-likeness (QED) is 0.558. The van der Waals surface area contributed by atoms with Crippen LogP contribution in [0.4, 0.5) is 0 Å². The first kappa shape index (κ1) is 21.8. The Labute approximate surface area is 182 Å². The number of benzene rings is 1. The van der Waals surface area contributed by atoms with Gasteiger partial charge in [0.1, 0.15) is 0 Å². The van der Waals surface area contributed by atoms with E-state index in [0.29, 0.717) is 20.5 Å². The van der Waals surface area contributed by atoms with E-state index in [9.17, 15) is 14.4 Å². The molecule has 9 heteroatoms. The number of nitrogens with one attached hydrogen (secondary N) is 2. The van der Waals surface area contributed by atoms with E-state index in [-0.39, 0.29) is 30.5 Å². The largest absolute Gasteiger partial charge is 0.382 e. The number of methoxy groups -OCH3 is 1. The number of carbonyl (C=O) groups is 2. The van der Waals surface area contributed by atoms with E-state index < -0.39 is 6.04 Å². The fourth-order valence-electron chi connectivity index (χ4n) is 2.78. The van der Waals surface area contributed by atoms with Crippen molar-refractivity contribution in [2.45, 2.75) is 6.04 Å². The molecular formula is C21H20ClN3O4S. The van der Waals surface area contributed by atoms with Gasteiger partial charge in [-0.15, -0.1) is 11.3 Å². The van der Waals surface area contributed by atoms with E-state index in [1.54, 1.807) is 54.7 Å². The van der Waals surface area contributed by atoms with Crippen LogP contribution in [0.25, 0.3) is 5.69 Å². The lowest BCUT2D eigenvalue weighted by atomic mass is 10.2. The van der Waals surface area contributed by atoms with E-state index in [0.717, 1.165) is 0 Å². The first-order chi connectivity index (χ1) is 14.5. The molecule has 30 heavy (non-hydrogen) atoms. The van der Waals surface area contributed by atoms with Crippen molar-refractivity contribution in [3.8, 4) is 5.69 Å². The predicted molar refractivity (Wildman–Crippen MR) is 117 cm³/mol. The van der Waals surface area contributed by atoms with Gasteiger partial charge in [0, 0.05) is 37.2 Å². The smallest absolute Gasteiger partial charge is 0.261 e. The van der Waals surface area contributed by atoms with Crippen molar-refractivity contribution in [3.05, 3.63) is 85.9 Å². The molecule has 0 saturated heterocycles. The number of nitrogens with zero attached hydrogens (tertiary/aromatic N) is 1. The number of thiophene rings is 1. The van der Waals surface area contributed by atoms with Crippen molar-refractivity contribution in [2.75, 3.05) is 20.3 Å². The van der Waals surface area contributed by atoms with Crippen molar-refractivity contribution < 1.29 is 14.3 Å². The van der Waals surface area contributed by atoms with Crippen LogP contribution in [0.2, 0.25) is 4.34 Å². The number of aromatic nitrogens is 1. The highest BCUT2D eigenvalue weighted by atomic mass is 35.5. The van der Waals surface area contributed by atoms with Crippen LogP contribution >= 0.6 is 22.9 Å². The van der Waals surface area contributed by atoms with E-state index in [4.69, 9.17) is 16.3 Å². The minimum Gasteiger partial charge on any atom is -0.382 e. The van der Waals surface area contributed by atoms with Crippen LogP contribution in [0.5, 0.6) is 0 Å². The Morgan fingerprint density at radius 3 is 2.50 bits per heavy atom. The fourth-order valence-corrected chi connectivity index (χ4v) is 3.72. The molecule has 0 saturated carbocycles. The normalized spacial score (nSPS) is 11.7. The van der Waals surface area contributed by atoms with Crippen LogP contribution in [-0.4, -0.2) is 42.7 Å². The van der Waals surface area contributed by atoms with Gasteiger partial charge in [0.25, 0.3) is 17.4 Å². The summed E-state index contributed by atoms with van der Waals surface area (Å²) >= 11 is 7.05. The molecule has 0 aliphatic heterocycles. The third-order valence-corrected chi connectivity index (χ3v) is 5.47. The van der Waals surface area contributed by atoms with Gasteiger partial charge in [-0.1, -0.05) is 17.7 Å². The fraction of sp³-hybridized carbons (Fsp3) is 0.190. The summed E-state index contributed by atoms with van der Waals surface area (Å²) in [5.74, 6) is -0.572. The molecule has 0 fully saturated rings. The van der Waals surface area contributed by atoms with Gasteiger partial charge >= 0.3 is 0 Å². The molecule has 0 aliphatic carbocycles. The van der Waals surface area contributed by atoms with Crippen LogP contribution < -0.4 is 16.2 Å². The molecule has 2 heterocycles. The Bertz CT molecular complexity index is 1080. The SMILES string of the molecule is COCC(CNC(=O)c1ccc(-n2ccccc2=O)cc1)NC(=O)c1ccc(Cl)s1. The molecule has 2 aromatic heterocycles. The summed E-state index contributed by atoms with van der Waals surface area (Å²) in [4.78, 5) is 37.2. The second-order valence-corrected chi connectivity index (χ2v) is 8.11. The molecule has 156 valence electrons. The highest BCUT2D eigenvalue weighted by molar-refractivity contribution is 7.18.